The van der Waals surface area contributed by atoms with E-state index in [-0.39, 0.29) is 0 Å². The molecular weight excluding hydrogens is 613 g/mol. The highest BCUT2D eigenvalue weighted by Crippen LogP contribution is 2.63. The molecule has 3 aromatic carbocycles. The van der Waals surface area contributed by atoms with Crippen molar-refractivity contribution in [2.24, 2.45) is 15.8 Å². The monoisotopic (exact) mass is 664 g/mol. The van der Waals surface area contributed by atoms with Crippen LogP contribution in [0, 0.1) is 24.7 Å². The zero-order valence-corrected chi connectivity index (χ0v) is 31.3. The summed E-state index contributed by atoms with van der Waals surface area (Å²) < 4.78 is 0. The fraction of sp³-hybridized carbons (Fsp3) is 0.327. The van der Waals surface area contributed by atoms with Gasteiger partial charge in [-0.2, -0.15) is 0 Å². The van der Waals surface area contributed by atoms with Crippen molar-refractivity contribution in [2.75, 3.05) is 0 Å². The van der Waals surface area contributed by atoms with Gasteiger partial charge in [-0.3, -0.25) is 4.99 Å². The number of aliphatic imine (C=N–C) groups is 1. The third-order valence-corrected chi connectivity index (χ3v) is 13.1. The first-order valence-electron chi connectivity index (χ1n) is 19.2. The second-order valence-electron chi connectivity index (χ2n) is 16.2. The Morgan fingerprint density at radius 2 is 1.55 bits per heavy atom. The van der Waals surface area contributed by atoms with Crippen LogP contribution in [0.1, 0.15) is 100.0 Å². The number of allylic oxidation sites excluding steroid dienone is 13. The van der Waals surface area contributed by atoms with Crippen LogP contribution >= 0.6 is 0 Å². The highest BCUT2D eigenvalue weighted by atomic mass is 14.8. The van der Waals surface area contributed by atoms with Crippen LogP contribution in [-0.4, -0.2) is 13.0 Å². The molecule has 2 saturated carbocycles. The molecule has 3 atom stereocenters. The van der Waals surface area contributed by atoms with E-state index in [1.807, 2.05) is 6.08 Å². The van der Waals surface area contributed by atoms with Gasteiger partial charge in [-0.25, -0.2) is 0 Å². The quantitative estimate of drug-likeness (QED) is 0.176. The molecule has 5 aliphatic rings. The molecular formula is C49H51BN. The molecule has 1 spiro atoms. The smallest absolute Gasteiger partial charge is 0.192 e. The summed E-state index contributed by atoms with van der Waals surface area (Å²) in [5.41, 5.74) is 18.6. The Hall–Kier alpha value is -4.43. The van der Waals surface area contributed by atoms with Gasteiger partial charge in [-0.05, 0) is 110 Å². The van der Waals surface area contributed by atoms with Crippen molar-refractivity contribution < 1.29 is 0 Å². The van der Waals surface area contributed by atoms with E-state index in [1.165, 1.54) is 99.6 Å². The van der Waals surface area contributed by atoms with Crippen LogP contribution in [0.3, 0.4) is 0 Å². The zero-order chi connectivity index (χ0) is 35.4. The lowest BCUT2D eigenvalue weighted by Crippen LogP contribution is -2.35. The lowest BCUT2D eigenvalue weighted by atomic mass is 9.57. The van der Waals surface area contributed by atoms with Crippen LogP contribution in [0.25, 0.3) is 16.7 Å². The summed E-state index contributed by atoms with van der Waals surface area (Å²) in [7, 11) is 2.50. The maximum Gasteiger partial charge on any atom is 0.192 e. The Bertz CT molecular complexity index is 2140. The first-order valence-corrected chi connectivity index (χ1v) is 19.2. The molecule has 4 aliphatic carbocycles. The summed E-state index contributed by atoms with van der Waals surface area (Å²) in [6, 6.07) is 20.7. The van der Waals surface area contributed by atoms with Crippen molar-refractivity contribution in [3.63, 3.8) is 0 Å². The third-order valence-electron chi connectivity index (χ3n) is 13.1. The van der Waals surface area contributed by atoms with Crippen molar-refractivity contribution in [3.05, 3.63) is 160 Å². The zero-order valence-electron chi connectivity index (χ0n) is 31.3. The summed E-state index contributed by atoms with van der Waals surface area (Å²) in [6.45, 7) is 15.8. The number of hydrogen-bond acceptors (Lipinski definition) is 1. The summed E-state index contributed by atoms with van der Waals surface area (Å²) >= 11 is 0. The van der Waals surface area contributed by atoms with Gasteiger partial charge in [-0.15, -0.1) is 0 Å². The Kier molecular flexibility index (Phi) is 8.57. The number of fused-ring (bicyclic) bond motifs is 8. The van der Waals surface area contributed by atoms with Crippen LogP contribution in [0.5, 0.6) is 0 Å². The first-order chi connectivity index (χ1) is 24.7. The largest absolute Gasteiger partial charge is 0.251 e. The highest BCUT2D eigenvalue weighted by molar-refractivity contribution is 6.64. The minimum Gasteiger partial charge on any atom is -0.251 e. The summed E-state index contributed by atoms with van der Waals surface area (Å²) in [6.07, 6.45) is 29.8. The fourth-order valence-electron chi connectivity index (χ4n) is 10.4. The molecule has 255 valence electrons. The van der Waals surface area contributed by atoms with E-state index >= 15 is 0 Å². The maximum atomic E-state index is 5.67. The van der Waals surface area contributed by atoms with Crippen molar-refractivity contribution in [1.82, 2.24) is 0 Å². The molecule has 1 nitrogen and oxygen atoms in total. The van der Waals surface area contributed by atoms with Crippen molar-refractivity contribution in [3.8, 4) is 11.1 Å². The van der Waals surface area contributed by atoms with Gasteiger partial charge < -0.3 is 0 Å². The van der Waals surface area contributed by atoms with Gasteiger partial charge in [0.2, 0.25) is 0 Å². The molecule has 0 aromatic heterocycles. The second-order valence-corrected chi connectivity index (χ2v) is 16.2. The third kappa shape index (κ3) is 5.23. The minimum absolute atomic E-state index is 0.367. The number of rotatable bonds is 7. The van der Waals surface area contributed by atoms with Crippen LogP contribution in [0.15, 0.2) is 137 Å². The van der Waals surface area contributed by atoms with Gasteiger partial charge in [0.25, 0.3) is 0 Å². The van der Waals surface area contributed by atoms with E-state index in [9.17, 15) is 0 Å². The molecule has 0 bridgehead atoms. The van der Waals surface area contributed by atoms with Gasteiger partial charge in [-0.1, -0.05) is 164 Å². The molecule has 3 unspecified atom stereocenters. The van der Waals surface area contributed by atoms with Crippen LogP contribution in [0.2, 0.25) is 0 Å². The van der Waals surface area contributed by atoms with Crippen LogP contribution < -0.4 is 5.46 Å². The predicted octanol–water partition coefficient (Wildman–Crippen LogP) is 12.3. The molecule has 3 aromatic rings. The van der Waals surface area contributed by atoms with Gasteiger partial charge >= 0.3 is 0 Å². The molecule has 0 N–H and O–H groups in total. The average Bonchev–Trinajstić information content (AvgIpc) is 3.73. The summed E-state index contributed by atoms with van der Waals surface area (Å²) in [4.78, 5) is 5.67. The van der Waals surface area contributed by atoms with Crippen molar-refractivity contribution >= 4 is 29.7 Å². The number of aryl methyl sites for hydroxylation is 2. The van der Waals surface area contributed by atoms with E-state index < -0.39 is 5.41 Å². The molecule has 1 aliphatic heterocycles. The fourth-order valence-corrected chi connectivity index (χ4v) is 10.4. The van der Waals surface area contributed by atoms with Gasteiger partial charge in [0.1, 0.15) is 0 Å². The molecule has 2 heteroatoms. The van der Waals surface area contributed by atoms with Crippen molar-refractivity contribution in [1.29, 1.82) is 0 Å². The normalized spacial score (nSPS) is 26.3. The van der Waals surface area contributed by atoms with Gasteiger partial charge in [0, 0.05) is 5.56 Å². The second kappa shape index (κ2) is 13.0. The van der Waals surface area contributed by atoms with E-state index in [2.05, 4.69) is 152 Å². The number of benzene rings is 3. The van der Waals surface area contributed by atoms with Gasteiger partial charge in [0.15, 0.2) is 7.28 Å². The highest BCUT2D eigenvalue weighted by Gasteiger charge is 2.54. The number of para-hydroxylation sites is 1. The van der Waals surface area contributed by atoms with Crippen LogP contribution in [0.4, 0.5) is 5.69 Å². The number of hydrogen-bond donors (Lipinski definition) is 0. The van der Waals surface area contributed by atoms with E-state index in [4.69, 9.17) is 4.99 Å². The SMILES string of the molecule is C=C/C=C\C([B]c1c(C)cc(C)cc1-c1cccc2c1N=C(/C=C\C=C/C)C21C2=CCCC=C2c2ccccc21)=C1CC2(C)CCCCC2(C)C1. The van der Waals surface area contributed by atoms with Crippen LogP contribution in [-0.2, 0) is 5.41 Å². The molecule has 0 amide bonds. The standard InChI is InChI=1S/C49H51BN/c1-7-9-11-26-44-49(40-22-14-12-19-36(40)37-20-13-15-23-41(37)49)42-24-18-21-38(46(42)51-44)39-30-33(3)29-34(4)45(39)50-43(25-10-8-2)35-31-47(5)27-16-17-28-48(47,6)32-35/h7-12,14,18-26,29-30H,2,13,15-17,27-28,31-32H2,1,3-6H3/b9-7-,25-10-,26-11-,43-35?. The molecule has 1 radical (unpaired) electrons. The Morgan fingerprint density at radius 1 is 0.824 bits per heavy atom. The lowest BCUT2D eigenvalue weighted by Gasteiger charge is -2.45. The maximum absolute atomic E-state index is 5.67. The lowest BCUT2D eigenvalue weighted by molar-refractivity contribution is 0.0520. The Morgan fingerprint density at radius 3 is 2.31 bits per heavy atom. The van der Waals surface area contributed by atoms with Crippen molar-refractivity contribution in [2.45, 2.75) is 91.4 Å². The van der Waals surface area contributed by atoms with E-state index in [1.54, 1.807) is 5.57 Å². The number of nitrogens with zero attached hydrogens (tertiary/aromatic N) is 1. The summed E-state index contributed by atoms with van der Waals surface area (Å²) in [5, 5.41) is 0. The first kappa shape index (κ1) is 33.7. The van der Waals surface area contributed by atoms with Gasteiger partial charge in [0.05, 0.1) is 16.8 Å². The predicted molar refractivity (Wildman–Crippen MR) is 221 cm³/mol. The van der Waals surface area contributed by atoms with E-state index in [0.717, 1.165) is 24.2 Å². The topological polar surface area (TPSA) is 12.4 Å². The molecule has 1 heterocycles. The molecule has 51 heavy (non-hydrogen) atoms. The molecule has 2 fully saturated rings. The Balaban J connectivity index is 1.33. The Labute approximate surface area is 307 Å². The summed E-state index contributed by atoms with van der Waals surface area (Å²) in [5.74, 6) is 0. The van der Waals surface area contributed by atoms with E-state index in [0.29, 0.717) is 10.8 Å². The minimum atomic E-state index is -0.431. The average molecular weight is 665 g/mol. The molecule has 0 saturated heterocycles. The molecule has 8 rings (SSSR count).